The molecule has 0 saturated heterocycles. The lowest BCUT2D eigenvalue weighted by molar-refractivity contribution is -0.140. The standard InChI is InChI=1S/C32H46O3/c1-5-6-7-13-31-21-20-29(23-26(31)4)19-18-28-16-14-27(15-17-28)10-8-11-30(12-9-22-33)24-35-32(34)25(2)3/h14-17,20-21,23,30,33H,2,5-13,18-19,22,24H2,1,3-4H3. The monoisotopic (exact) mass is 478 g/mol. The van der Waals surface area contributed by atoms with E-state index < -0.39 is 0 Å². The Morgan fingerprint density at radius 2 is 1.51 bits per heavy atom. The molecule has 1 atom stereocenters. The van der Waals surface area contributed by atoms with Crippen LogP contribution in [-0.4, -0.2) is 24.3 Å². The van der Waals surface area contributed by atoms with Gasteiger partial charge in [-0.05, 0) is 105 Å². The number of carbonyl (C=O) groups is 1. The predicted molar refractivity (Wildman–Crippen MR) is 147 cm³/mol. The number of aryl methyl sites for hydroxylation is 5. The van der Waals surface area contributed by atoms with Crippen LogP contribution in [0.4, 0.5) is 0 Å². The summed E-state index contributed by atoms with van der Waals surface area (Å²) in [5.74, 6) is -0.0427. The number of ether oxygens (including phenoxy) is 1. The average molecular weight is 479 g/mol. The molecule has 0 spiro atoms. The van der Waals surface area contributed by atoms with Crippen LogP contribution in [0.1, 0.15) is 86.6 Å². The van der Waals surface area contributed by atoms with Crippen LogP contribution >= 0.6 is 0 Å². The highest BCUT2D eigenvalue weighted by molar-refractivity contribution is 5.86. The van der Waals surface area contributed by atoms with Gasteiger partial charge in [-0.3, -0.25) is 0 Å². The van der Waals surface area contributed by atoms with Crippen LogP contribution in [0.25, 0.3) is 0 Å². The summed E-state index contributed by atoms with van der Waals surface area (Å²) in [7, 11) is 0. The molecule has 0 saturated carbocycles. The Balaban J connectivity index is 1.77. The van der Waals surface area contributed by atoms with Crippen molar-refractivity contribution in [3.8, 4) is 0 Å². The SMILES string of the molecule is C=C(C)C(=O)OCC(CCCO)CCCc1ccc(CCc2ccc(CCCCC)c(C)c2)cc1. The van der Waals surface area contributed by atoms with Crippen LogP contribution in [0, 0.1) is 12.8 Å². The van der Waals surface area contributed by atoms with Crippen molar-refractivity contribution in [2.45, 2.75) is 91.4 Å². The van der Waals surface area contributed by atoms with E-state index in [-0.39, 0.29) is 18.5 Å². The zero-order chi connectivity index (χ0) is 25.5. The highest BCUT2D eigenvalue weighted by atomic mass is 16.5. The van der Waals surface area contributed by atoms with Crippen molar-refractivity contribution in [3.05, 3.63) is 82.4 Å². The van der Waals surface area contributed by atoms with E-state index in [1.165, 1.54) is 53.5 Å². The van der Waals surface area contributed by atoms with Crippen LogP contribution in [-0.2, 0) is 35.2 Å². The Morgan fingerprint density at radius 3 is 2.14 bits per heavy atom. The molecule has 2 aromatic carbocycles. The zero-order valence-electron chi connectivity index (χ0n) is 22.3. The molecule has 2 rings (SSSR count). The molecule has 1 unspecified atom stereocenters. The van der Waals surface area contributed by atoms with Gasteiger partial charge in [-0.2, -0.15) is 0 Å². The molecule has 0 fully saturated rings. The van der Waals surface area contributed by atoms with Gasteiger partial charge in [0.15, 0.2) is 0 Å². The molecule has 3 nitrogen and oxygen atoms in total. The molecule has 1 N–H and O–H groups in total. The van der Waals surface area contributed by atoms with E-state index in [1.54, 1.807) is 6.92 Å². The molecular formula is C32H46O3. The Hall–Kier alpha value is -2.39. The second-order valence-electron chi connectivity index (χ2n) is 10.0. The molecule has 0 aromatic heterocycles. The highest BCUT2D eigenvalue weighted by Crippen LogP contribution is 2.19. The second kappa shape index (κ2) is 16.3. The van der Waals surface area contributed by atoms with Gasteiger partial charge in [-0.1, -0.05) is 68.8 Å². The molecule has 0 amide bonds. The first-order chi connectivity index (χ1) is 16.9. The van der Waals surface area contributed by atoms with Crippen LogP contribution < -0.4 is 0 Å². The number of esters is 1. The quantitative estimate of drug-likeness (QED) is 0.147. The number of aliphatic hydroxyl groups excluding tert-OH is 1. The molecule has 192 valence electrons. The summed E-state index contributed by atoms with van der Waals surface area (Å²) in [5.41, 5.74) is 7.51. The lowest BCUT2D eigenvalue weighted by Crippen LogP contribution is -2.15. The maximum absolute atomic E-state index is 11.7. The third-order valence-corrected chi connectivity index (χ3v) is 6.83. The third-order valence-electron chi connectivity index (χ3n) is 6.83. The number of hydrogen-bond donors (Lipinski definition) is 1. The maximum Gasteiger partial charge on any atom is 0.333 e. The molecule has 35 heavy (non-hydrogen) atoms. The topological polar surface area (TPSA) is 46.5 Å². The van der Waals surface area contributed by atoms with Gasteiger partial charge in [0.1, 0.15) is 0 Å². The molecular weight excluding hydrogens is 432 g/mol. The number of benzene rings is 2. The lowest BCUT2D eigenvalue weighted by Gasteiger charge is -2.16. The molecule has 0 aliphatic carbocycles. The Labute approximate surface area is 213 Å². The summed E-state index contributed by atoms with van der Waals surface area (Å²) >= 11 is 0. The average Bonchev–Trinajstić information content (AvgIpc) is 2.85. The molecule has 0 heterocycles. The van der Waals surface area contributed by atoms with Crippen molar-refractivity contribution < 1.29 is 14.6 Å². The van der Waals surface area contributed by atoms with Gasteiger partial charge in [0.05, 0.1) is 6.61 Å². The van der Waals surface area contributed by atoms with Gasteiger partial charge in [-0.15, -0.1) is 0 Å². The molecule has 0 aliphatic rings. The normalized spacial score (nSPS) is 11.9. The van der Waals surface area contributed by atoms with Gasteiger partial charge >= 0.3 is 5.97 Å². The van der Waals surface area contributed by atoms with E-state index in [1.807, 2.05) is 0 Å². The largest absolute Gasteiger partial charge is 0.462 e. The summed E-state index contributed by atoms with van der Waals surface area (Å²) in [5, 5.41) is 9.17. The first-order valence-electron chi connectivity index (χ1n) is 13.5. The molecule has 0 aliphatic heterocycles. The molecule has 2 aromatic rings. The second-order valence-corrected chi connectivity index (χ2v) is 10.0. The van der Waals surface area contributed by atoms with Crippen molar-refractivity contribution in [1.29, 1.82) is 0 Å². The molecule has 3 heteroatoms. The molecule has 0 radical (unpaired) electrons. The van der Waals surface area contributed by atoms with Crippen LogP contribution in [0.3, 0.4) is 0 Å². The first-order valence-corrected chi connectivity index (χ1v) is 13.5. The Kier molecular flexibility index (Phi) is 13.4. The maximum atomic E-state index is 11.7. The summed E-state index contributed by atoms with van der Waals surface area (Å²) in [6, 6.07) is 16.0. The van der Waals surface area contributed by atoms with Crippen LogP contribution in [0.5, 0.6) is 0 Å². The lowest BCUT2D eigenvalue weighted by atomic mass is 9.95. The highest BCUT2D eigenvalue weighted by Gasteiger charge is 2.12. The minimum absolute atomic E-state index is 0.176. The fraction of sp³-hybridized carbons (Fsp3) is 0.531. The number of rotatable bonds is 17. The number of hydrogen-bond acceptors (Lipinski definition) is 3. The molecule has 0 bridgehead atoms. The predicted octanol–water partition coefficient (Wildman–Crippen LogP) is 7.34. The van der Waals surface area contributed by atoms with Gasteiger partial charge in [0.2, 0.25) is 0 Å². The van der Waals surface area contributed by atoms with Crippen molar-refractivity contribution in [2.24, 2.45) is 5.92 Å². The summed E-state index contributed by atoms with van der Waals surface area (Å²) in [4.78, 5) is 11.7. The van der Waals surface area contributed by atoms with E-state index in [2.05, 4.69) is 62.9 Å². The van der Waals surface area contributed by atoms with Crippen molar-refractivity contribution >= 4 is 5.97 Å². The number of aliphatic hydroxyl groups is 1. The van der Waals surface area contributed by atoms with E-state index in [4.69, 9.17) is 4.74 Å². The van der Waals surface area contributed by atoms with Gasteiger partial charge in [0.25, 0.3) is 0 Å². The minimum Gasteiger partial charge on any atom is -0.462 e. The van der Waals surface area contributed by atoms with Crippen molar-refractivity contribution in [2.75, 3.05) is 13.2 Å². The first kappa shape index (κ1) is 28.8. The van der Waals surface area contributed by atoms with Gasteiger partial charge < -0.3 is 9.84 Å². The number of unbranched alkanes of at least 4 members (excludes halogenated alkanes) is 2. The van der Waals surface area contributed by atoms with Gasteiger partial charge in [0, 0.05) is 12.2 Å². The van der Waals surface area contributed by atoms with Crippen LogP contribution in [0.2, 0.25) is 0 Å². The van der Waals surface area contributed by atoms with Gasteiger partial charge in [-0.25, -0.2) is 4.79 Å². The Morgan fingerprint density at radius 1 is 0.886 bits per heavy atom. The fourth-order valence-corrected chi connectivity index (χ4v) is 4.52. The summed E-state index contributed by atoms with van der Waals surface area (Å²) in [6.07, 6.45) is 11.9. The fourth-order valence-electron chi connectivity index (χ4n) is 4.52. The van der Waals surface area contributed by atoms with E-state index in [0.717, 1.165) is 44.9 Å². The zero-order valence-corrected chi connectivity index (χ0v) is 22.3. The van der Waals surface area contributed by atoms with Crippen molar-refractivity contribution in [3.63, 3.8) is 0 Å². The third kappa shape index (κ3) is 11.3. The summed E-state index contributed by atoms with van der Waals surface area (Å²) < 4.78 is 5.36. The van der Waals surface area contributed by atoms with E-state index in [0.29, 0.717) is 12.2 Å². The minimum atomic E-state index is -0.326. The van der Waals surface area contributed by atoms with E-state index in [9.17, 15) is 9.90 Å². The van der Waals surface area contributed by atoms with Crippen molar-refractivity contribution in [1.82, 2.24) is 0 Å². The van der Waals surface area contributed by atoms with E-state index >= 15 is 0 Å². The number of carbonyl (C=O) groups excluding carboxylic acids is 1. The summed E-state index contributed by atoms with van der Waals surface area (Å²) in [6.45, 7) is 10.4. The Bertz CT molecular complexity index is 898. The smallest absolute Gasteiger partial charge is 0.333 e. The van der Waals surface area contributed by atoms with Crippen LogP contribution in [0.15, 0.2) is 54.6 Å².